The predicted molar refractivity (Wildman–Crippen MR) is 166 cm³/mol. The number of unbranched alkanes of at least 4 members (excludes halogenated alkanes) is 14. The van der Waals surface area contributed by atoms with Crippen LogP contribution in [0.4, 0.5) is 0 Å². The van der Waals surface area contributed by atoms with E-state index in [4.69, 9.17) is 0 Å². The van der Waals surface area contributed by atoms with Crippen molar-refractivity contribution in [3.8, 4) is 0 Å². The van der Waals surface area contributed by atoms with Crippen LogP contribution in [-0.2, 0) is 6.42 Å². The van der Waals surface area contributed by atoms with E-state index in [1.54, 1.807) is 6.08 Å². The monoisotopic (exact) mass is 520 g/mol. The highest BCUT2D eigenvalue weighted by Gasteiger charge is 2.03. The first-order valence-corrected chi connectivity index (χ1v) is 16.3. The highest BCUT2D eigenvalue weighted by atomic mass is 32.2. The van der Waals surface area contributed by atoms with Crippen LogP contribution >= 0.6 is 11.8 Å². The van der Waals surface area contributed by atoms with Gasteiger partial charge < -0.3 is 0 Å². The zero-order valence-electron chi connectivity index (χ0n) is 23.8. The summed E-state index contributed by atoms with van der Waals surface area (Å²) in [6.07, 6.45) is 26.7. The van der Waals surface area contributed by atoms with Gasteiger partial charge in [0, 0.05) is 10.5 Å². The minimum Gasteiger partial charge on any atom is -0.289 e. The summed E-state index contributed by atoms with van der Waals surface area (Å²) < 4.78 is 0. The van der Waals surface area contributed by atoms with Crippen molar-refractivity contribution in [3.63, 3.8) is 0 Å². The Morgan fingerprint density at radius 3 is 1.70 bits per heavy atom. The van der Waals surface area contributed by atoms with Gasteiger partial charge in [-0.1, -0.05) is 134 Å². The quantitative estimate of drug-likeness (QED) is 0.0664. The van der Waals surface area contributed by atoms with Gasteiger partial charge >= 0.3 is 0 Å². The first kappa shape index (κ1) is 31.4. The van der Waals surface area contributed by atoms with E-state index < -0.39 is 0 Å². The third-order valence-electron chi connectivity index (χ3n) is 7.13. The number of hydrogen-bond acceptors (Lipinski definition) is 2. The molecular formula is C35H52OS. The SMILES string of the molecule is CCCCCCCCCCCCCCCSc1ccc(C(=O)/C=C/c2ccc(CCCCC)cc2)cc1. The molecule has 204 valence electrons. The van der Waals surface area contributed by atoms with Crippen LogP contribution in [0, 0.1) is 0 Å². The summed E-state index contributed by atoms with van der Waals surface area (Å²) in [4.78, 5) is 13.8. The summed E-state index contributed by atoms with van der Waals surface area (Å²) in [7, 11) is 0. The summed E-state index contributed by atoms with van der Waals surface area (Å²) >= 11 is 1.91. The van der Waals surface area contributed by atoms with Crippen molar-refractivity contribution in [2.45, 2.75) is 128 Å². The number of hydrogen-bond donors (Lipinski definition) is 0. The molecule has 0 bridgehead atoms. The Morgan fingerprint density at radius 1 is 0.622 bits per heavy atom. The normalized spacial score (nSPS) is 11.4. The zero-order valence-corrected chi connectivity index (χ0v) is 24.6. The van der Waals surface area contributed by atoms with Crippen molar-refractivity contribution in [1.82, 2.24) is 0 Å². The van der Waals surface area contributed by atoms with Crippen molar-refractivity contribution in [2.24, 2.45) is 0 Å². The molecule has 0 spiro atoms. The molecule has 37 heavy (non-hydrogen) atoms. The fraction of sp³-hybridized carbons (Fsp3) is 0.571. The second-order valence-corrected chi connectivity index (χ2v) is 11.7. The number of thioether (sulfide) groups is 1. The van der Waals surface area contributed by atoms with Gasteiger partial charge in [0.2, 0.25) is 0 Å². The largest absolute Gasteiger partial charge is 0.289 e. The lowest BCUT2D eigenvalue weighted by Crippen LogP contribution is -1.93. The van der Waals surface area contributed by atoms with Gasteiger partial charge in [0.15, 0.2) is 5.78 Å². The van der Waals surface area contributed by atoms with E-state index in [0.717, 1.165) is 17.5 Å². The molecule has 0 atom stereocenters. The highest BCUT2D eigenvalue weighted by Crippen LogP contribution is 2.21. The molecule has 0 heterocycles. The lowest BCUT2D eigenvalue weighted by atomic mass is 10.0. The number of carbonyl (C=O) groups excluding carboxylic acids is 1. The van der Waals surface area contributed by atoms with Crippen LogP contribution < -0.4 is 0 Å². The van der Waals surface area contributed by atoms with Crippen LogP contribution in [0.5, 0.6) is 0 Å². The van der Waals surface area contributed by atoms with E-state index in [1.165, 1.54) is 119 Å². The summed E-state index contributed by atoms with van der Waals surface area (Å²) in [5.41, 5.74) is 3.22. The summed E-state index contributed by atoms with van der Waals surface area (Å²) in [6.45, 7) is 4.52. The average molecular weight is 521 g/mol. The molecule has 0 aliphatic carbocycles. The molecule has 2 aromatic carbocycles. The number of benzene rings is 2. The second kappa shape index (κ2) is 21.2. The van der Waals surface area contributed by atoms with E-state index in [2.05, 4.69) is 50.2 Å². The maximum Gasteiger partial charge on any atom is 0.185 e. The number of rotatable bonds is 22. The van der Waals surface area contributed by atoms with E-state index in [9.17, 15) is 4.79 Å². The molecule has 0 amide bonds. The predicted octanol–water partition coefficient (Wildman–Crippen LogP) is 11.5. The Labute approximate surface area is 232 Å². The van der Waals surface area contributed by atoms with E-state index in [0.29, 0.717) is 0 Å². The second-order valence-electron chi connectivity index (χ2n) is 10.5. The molecule has 0 fully saturated rings. The number of allylic oxidation sites excluding steroid dienone is 1. The molecule has 2 rings (SSSR count). The van der Waals surface area contributed by atoms with Gasteiger partial charge in [-0.2, -0.15) is 0 Å². The van der Waals surface area contributed by atoms with Crippen LogP contribution in [0.2, 0.25) is 0 Å². The third-order valence-corrected chi connectivity index (χ3v) is 8.23. The molecule has 0 aliphatic heterocycles. The smallest absolute Gasteiger partial charge is 0.185 e. The highest BCUT2D eigenvalue weighted by molar-refractivity contribution is 7.99. The van der Waals surface area contributed by atoms with Crippen molar-refractivity contribution in [3.05, 3.63) is 71.3 Å². The molecule has 0 aliphatic rings. The minimum atomic E-state index is 0.0695. The van der Waals surface area contributed by atoms with Gasteiger partial charge in [0.05, 0.1) is 0 Å². The van der Waals surface area contributed by atoms with Crippen LogP contribution in [0.3, 0.4) is 0 Å². The Morgan fingerprint density at radius 2 is 1.14 bits per heavy atom. The minimum absolute atomic E-state index is 0.0695. The van der Waals surface area contributed by atoms with Crippen LogP contribution in [0.1, 0.15) is 138 Å². The van der Waals surface area contributed by atoms with E-state index >= 15 is 0 Å². The van der Waals surface area contributed by atoms with E-state index in [-0.39, 0.29) is 5.78 Å². The summed E-state index contributed by atoms with van der Waals surface area (Å²) in [6, 6.07) is 16.7. The standard InChI is InChI=1S/C35H52OS/c1-3-5-7-8-9-10-11-12-13-14-15-16-18-30-37-34-27-25-33(26-28-34)35(36)29-24-32-22-20-31(21-23-32)19-17-6-4-2/h20-29H,3-19,30H2,1-2H3/b29-24+. The van der Waals surface area contributed by atoms with Crippen molar-refractivity contribution in [1.29, 1.82) is 0 Å². The molecule has 0 unspecified atom stereocenters. The first-order chi connectivity index (χ1) is 18.2. The first-order valence-electron chi connectivity index (χ1n) is 15.3. The molecule has 0 radical (unpaired) electrons. The summed E-state index contributed by atoms with van der Waals surface area (Å²) in [5.74, 6) is 1.24. The number of aryl methyl sites for hydroxylation is 1. The van der Waals surface area contributed by atoms with Crippen molar-refractivity contribution >= 4 is 23.6 Å². The maximum atomic E-state index is 12.6. The van der Waals surface area contributed by atoms with Gasteiger partial charge in [-0.25, -0.2) is 0 Å². The van der Waals surface area contributed by atoms with Gasteiger partial charge in [-0.05, 0) is 66.5 Å². The lowest BCUT2D eigenvalue weighted by molar-refractivity contribution is 0.104. The lowest BCUT2D eigenvalue weighted by Gasteiger charge is -2.04. The zero-order chi connectivity index (χ0) is 26.4. The number of ketones is 1. The van der Waals surface area contributed by atoms with Crippen molar-refractivity contribution in [2.75, 3.05) is 5.75 Å². The van der Waals surface area contributed by atoms with Crippen LogP contribution in [0.25, 0.3) is 6.08 Å². The summed E-state index contributed by atoms with van der Waals surface area (Å²) in [5, 5.41) is 0. The molecule has 0 saturated carbocycles. The molecule has 2 aromatic rings. The molecule has 1 nitrogen and oxygen atoms in total. The fourth-order valence-electron chi connectivity index (χ4n) is 4.67. The van der Waals surface area contributed by atoms with Gasteiger partial charge in [0.25, 0.3) is 0 Å². The number of carbonyl (C=O) groups is 1. The Bertz CT molecular complexity index is 850. The molecule has 0 N–H and O–H groups in total. The van der Waals surface area contributed by atoms with Crippen LogP contribution in [0.15, 0.2) is 59.5 Å². The maximum absolute atomic E-state index is 12.6. The Hall–Kier alpha value is -1.80. The van der Waals surface area contributed by atoms with E-state index in [1.807, 2.05) is 30.0 Å². The van der Waals surface area contributed by atoms with Crippen LogP contribution in [-0.4, -0.2) is 11.5 Å². The van der Waals surface area contributed by atoms with Crippen molar-refractivity contribution < 1.29 is 4.79 Å². The average Bonchev–Trinajstić information content (AvgIpc) is 2.93. The molecule has 0 saturated heterocycles. The van der Waals surface area contributed by atoms with Gasteiger partial charge in [-0.3, -0.25) is 4.79 Å². The Kier molecular flexibility index (Phi) is 18.0. The topological polar surface area (TPSA) is 17.1 Å². The van der Waals surface area contributed by atoms with Gasteiger partial charge in [0.1, 0.15) is 0 Å². The molecular weight excluding hydrogens is 468 g/mol. The fourth-order valence-corrected chi connectivity index (χ4v) is 5.58. The Balaban J connectivity index is 1.53. The molecule has 2 heteroatoms. The third kappa shape index (κ3) is 15.3. The molecule has 0 aromatic heterocycles. The van der Waals surface area contributed by atoms with Gasteiger partial charge in [-0.15, -0.1) is 11.8 Å².